The molecule has 5 heteroatoms. The van der Waals surface area contributed by atoms with Crippen LogP contribution in [-0.2, 0) is 0 Å². The second-order valence-corrected chi connectivity index (χ2v) is 13.1. The third kappa shape index (κ3) is 4.00. The van der Waals surface area contributed by atoms with Gasteiger partial charge in [0.25, 0.3) is 0 Å². The Morgan fingerprint density at radius 2 is 1.89 bits per heavy atom. The summed E-state index contributed by atoms with van der Waals surface area (Å²) >= 11 is 6.18. The van der Waals surface area contributed by atoms with E-state index in [2.05, 4.69) is 32.1 Å². The average Bonchev–Trinajstić information content (AvgIpc) is 3.26. The molecule has 3 fully saturated rings. The Balaban J connectivity index is 1.38. The van der Waals surface area contributed by atoms with Gasteiger partial charge < -0.3 is 9.84 Å². The van der Waals surface area contributed by atoms with Gasteiger partial charge in [0.1, 0.15) is 11.6 Å². The monoisotopic (exact) mass is 530 g/mol. The Labute approximate surface area is 232 Å². The molecule has 7 atom stereocenters. The Hall–Kier alpha value is -2.35. The van der Waals surface area contributed by atoms with Crippen LogP contribution in [0, 0.1) is 39.9 Å². The molecule has 2 aromatic rings. The number of pyridine rings is 1. The summed E-state index contributed by atoms with van der Waals surface area (Å²) in [5.41, 5.74) is 5.38. The van der Waals surface area contributed by atoms with E-state index in [4.69, 9.17) is 21.3 Å². The van der Waals surface area contributed by atoms with E-state index < -0.39 is 0 Å². The number of aliphatic hydroxyl groups is 1. The fraction of sp³-hybridized carbons (Fsp3) is 0.576. The first kappa shape index (κ1) is 25.9. The van der Waals surface area contributed by atoms with Crippen molar-refractivity contribution < 1.29 is 9.84 Å². The topological polar surface area (TPSA) is 66.1 Å². The molecule has 1 N–H and O–H groups in total. The summed E-state index contributed by atoms with van der Waals surface area (Å²) in [5, 5.41) is 21.1. The van der Waals surface area contributed by atoms with E-state index in [-0.39, 0.29) is 16.9 Å². The number of hydrogen-bond donors (Lipinski definition) is 1. The lowest BCUT2D eigenvalue weighted by Crippen LogP contribution is -2.50. The maximum atomic E-state index is 10.3. The number of aliphatic hydroxyl groups excluding tert-OH is 1. The first-order chi connectivity index (χ1) is 18.3. The van der Waals surface area contributed by atoms with Crippen LogP contribution in [0.15, 0.2) is 42.0 Å². The van der Waals surface area contributed by atoms with E-state index in [9.17, 15) is 10.4 Å². The first-order valence-corrected chi connectivity index (χ1v) is 14.9. The van der Waals surface area contributed by atoms with Crippen molar-refractivity contribution in [1.29, 1.82) is 5.26 Å². The van der Waals surface area contributed by atoms with Gasteiger partial charge >= 0.3 is 0 Å². The molecule has 0 bridgehead atoms. The van der Waals surface area contributed by atoms with Crippen molar-refractivity contribution in [3.63, 3.8) is 0 Å². The minimum atomic E-state index is -0.160. The second kappa shape index (κ2) is 9.68. The molecule has 4 nitrogen and oxygen atoms in total. The standard InChI is InChI=1S/C33H39ClN2O2/c1-4-38-31-26(19-35)25(20-5-8-22(34)9-6-20)18-30(36-31)29-12-11-27-24-10-7-21-17-23(37)13-15-32(21,2)28(24)14-16-33(27,29)3/h5-9,18,23-24,27-29,37H,4,10-17H2,1-3H3/t23-,24-,27-,28-,29+,32-,33-/m0/s1. The van der Waals surface area contributed by atoms with Gasteiger partial charge in [-0.3, -0.25) is 0 Å². The van der Waals surface area contributed by atoms with Crippen LogP contribution in [0.3, 0.4) is 0 Å². The SMILES string of the molecule is CCOc1nc([C@H]2CC[C@H]3[C@@H]4CC=C5C[C@@H](O)CC[C@]5(C)[C@H]4CC[C@]23C)cc(-c2ccc(Cl)cc2)c1C#N. The number of allylic oxidation sites excluding steroid dienone is 1. The number of nitriles is 1. The molecule has 0 spiro atoms. The summed E-state index contributed by atoms with van der Waals surface area (Å²) < 4.78 is 5.96. The van der Waals surface area contributed by atoms with Crippen LogP contribution >= 0.6 is 11.6 Å². The van der Waals surface area contributed by atoms with Crippen LogP contribution in [0.4, 0.5) is 0 Å². The zero-order chi connectivity index (χ0) is 26.7. The predicted octanol–water partition coefficient (Wildman–Crippen LogP) is 8.08. The number of hydrogen-bond acceptors (Lipinski definition) is 4. The van der Waals surface area contributed by atoms with Crippen LogP contribution < -0.4 is 4.74 Å². The normalized spacial score (nSPS) is 35.9. The lowest BCUT2D eigenvalue weighted by molar-refractivity contribution is -0.0412. The highest BCUT2D eigenvalue weighted by atomic mass is 35.5. The maximum Gasteiger partial charge on any atom is 0.232 e. The molecule has 0 unspecified atom stereocenters. The van der Waals surface area contributed by atoms with E-state index in [1.165, 1.54) is 24.8 Å². The van der Waals surface area contributed by atoms with E-state index in [0.29, 0.717) is 46.7 Å². The molecular weight excluding hydrogens is 492 g/mol. The van der Waals surface area contributed by atoms with Crippen LogP contribution in [0.5, 0.6) is 5.88 Å². The van der Waals surface area contributed by atoms with Crippen LogP contribution in [0.1, 0.15) is 89.3 Å². The highest BCUT2D eigenvalue weighted by Gasteiger charge is 2.59. The van der Waals surface area contributed by atoms with Gasteiger partial charge in [-0.25, -0.2) is 4.98 Å². The van der Waals surface area contributed by atoms with Crippen molar-refractivity contribution in [2.45, 2.75) is 84.2 Å². The van der Waals surface area contributed by atoms with Crippen molar-refractivity contribution in [3.05, 3.63) is 58.3 Å². The molecule has 3 saturated carbocycles. The molecule has 4 aliphatic rings. The second-order valence-electron chi connectivity index (χ2n) is 12.7. The first-order valence-electron chi connectivity index (χ1n) is 14.5. The van der Waals surface area contributed by atoms with Gasteiger partial charge in [0.2, 0.25) is 5.88 Å². The highest BCUT2D eigenvalue weighted by Crippen LogP contribution is 2.68. The molecule has 0 saturated heterocycles. The molecule has 200 valence electrons. The third-order valence-electron chi connectivity index (χ3n) is 11.0. The molecule has 1 aromatic heterocycles. The quantitative estimate of drug-likeness (QED) is 0.406. The molecule has 38 heavy (non-hydrogen) atoms. The number of fused-ring (bicyclic) bond motifs is 5. The van der Waals surface area contributed by atoms with Crippen molar-refractivity contribution >= 4 is 11.6 Å². The largest absolute Gasteiger partial charge is 0.477 e. The molecule has 6 rings (SSSR count). The lowest BCUT2D eigenvalue weighted by atomic mass is 9.47. The van der Waals surface area contributed by atoms with E-state index >= 15 is 0 Å². The summed E-state index contributed by atoms with van der Waals surface area (Å²) in [6, 6.07) is 12.3. The zero-order valence-electron chi connectivity index (χ0n) is 22.8. The summed E-state index contributed by atoms with van der Waals surface area (Å²) in [4.78, 5) is 5.04. The van der Waals surface area contributed by atoms with Gasteiger partial charge in [0, 0.05) is 22.2 Å². The molecule has 4 aliphatic carbocycles. The number of ether oxygens (including phenoxy) is 1. The number of halogens is 1. The lowest BCUT2D eigenvalue weighted by Gasteiger charge is -2.58. The van der Waals surface area contributed by atoms with E-state index in [1.807, 2.05) is 31.2 Å². The van der Waals surface area contributed by atoms with Crippen LogP contribution in [0.2, 0.25) is 5.02 Å². The number of rotatable bonds is 4. The fourth-order valence-corrected chi connectivity index (χ4v) is 9.18. The predicted molar refractivity (Wildman–Crippen MR) is 151 cm³/mol. The Morgan fingerprint density at radius 1 is 1.11 bits per heavy atom. The molecular formula is C33H39ClN2O2. The Kier molecular flexibility index (Phi) is 6.60. The number of aromatic nitrogens is 1. The highest BCUT2D eigenvalue weighted by molar-refractivity contribution is 6.30. The van der Waals surface area contributed by atoms with Gasteiger partial charge in [-0.2, -0.15) is 5.26 Å². The van der Waals surface area contributed by atoms with E-state index in [1.54, 1.807) is 0 Å². The molecule has 0 amide bonds. The van der Waals surface area contributed by atoms with Gasteiger partial charge in [0.15, 0.2) is 0 Å². The Morgan fingerprint density at radius 3 is 2.63 bits per heavy atom. The van der Waals surface area contributed by atoms with Crippen molar-refractivity contribution in [2.75, 3.05) is 6.61 Å². The summed E-state index contributed by atoms with van der Waals surface area (Å²) in [6.45, 7) is 7.42. The number of nitrogens with zero attached hydrogens (tertiary/aromatic N) is 2. The molecule has 0 aliphatic heterocycles. The zero-order valence-corrected chi connectivity index (χ0v) is 23.6. The molecule has 1 aromatic carbocycles. The molecule has 1 heterocycles. The van der Waals surface area contributed by atoms with Gasteiger partial charge in [0.05, 0.1) is 12.7 Å². The maximum absolute atomic E-state index is 10.3. The minimum absolute atomic E-state index is 0.160. The average molecular weight is 531 g/mol. The smallest absolute Gasteiger partial charge is 0.232 e. The molecule has 0 radical (unpaired) electrons. The summed E-state index contributed by atoms with van der Waals surface area (Å²) in [7, 11) is 0. The van der Waals surface area contributed by atoms with Gasteiger partial charge in [-0.1, -0.05) is 49.2 Å². The van der Waals surface area contributed by atoms with Crippen molar-refractivity contribution in [2.24, 2.45) is 28.6 Å². The fourth-order valence-electron chi connectivity index (χ4n) is 9.05. The van der Waals surface area contributed by atoms with E-state index in [0.717, 1.165) is 48.9 Å². The summed E-state index contributed by atoms with van der Waals surface area (Å²) in [6.07, 6.45) is 11.2. The van der Waals surface area contributed by atoms with Crippen molar-refractivity contribution in [1.82, 2.24) is 4.98 Å². The minimum Gasteiger partial charge on any atom is -0.477 e. The summed E-state index contributed by atoms with van der Waals surface area (Å²) in [5.74, 6) is 2.88. The van der Waals surface area contributed by atoms with Crippen LogP contribution in [-0.4, -0.2) is 22.8 Å². The van der Waals surface area contributed by atoms with Gasteiger partial charge in [-0.05, 0) is 111 Å². The Bertz CT molecular complexity index is 1300. The van der Waals surface area contributed by atoms with Crippen LogP contribution in [0.25, 0.3) is 11.1 Å². The number of benzene rings is 1. The van der Waals surface area contributed by atoms with Gasteiger partial charge in [-0.15, -0.1) is 0 Å². The van der Waals surface area contributed by atoms with Crippen molar-refractivity contribution in [3.8, 4) is 23.1 Å². The third-order valence-corrected chi connectivity index (χ3v) is 11.2.